The van der Waals surface area contributed by atoms with E-state index in [2.05, 4.69) is 15.9 Å². The molecule has 1 atom stereocenters. The molecule has 0 aliphatic rings. The number of nitro groups is 1. The number of nitrogens with two attached hydrogens (primary N) is 1. The Labute approximate surface area is 116 Å². The summed E-state index contributed by atoms with van der Waals surface area (Å²) in [6.07, 6.45) is -5.96. The number of nitro benzene ring substituents is 1. The van der Waals surface area contributed by atoms with E-state index in [1.165, 1.54) is 0 Å². The number of non-ortho nitro benzene ring substituents is 1. The third-order valence-electron chi connectivity index (χ3n) is 2.39. The van der Waals surface area contributed by atoms with Crippen LogP contribution in [0.4, 0.5) is 27.6 Å². The van der Waals surface area contributed by atoms with E-state index in [-0.39, 0.29) is 0 Å². The second-order valence-electron chi connectivity index (χ2n) is 3.72. The molecule has 0 unspecified atom stereocenters. The van der Waals surface area contributed by atoms with Crippen molar-refractivity contribution in [1.82, 2.24) is 0 Å². The molecule has 0 bridgehead atoms. The van der Waals surface area contributed by atoms with E-state index in [9.17, 15) is 37.2 Å². The number of phenolic OH excluding ortho intramolecular Hbond substituents is 1. The van der Waals surface area contributed by atoms with Crippen molar-refractivity contribution in [2.45, 2.75) is 18.1 Å². The Morgan fingerprint density at radius 3 is 2.20 bits per heavy atom. The van der Waals surface area contributed by atoms with Crippen molar-refractivity contribution >= 4 is 21.6 Å². The third kappa shape index (κ3) is 2.82. The van der Waals surface area contributed by atoms with Gasteiger partial charge in [0.15, 0.2) is 0 Å². The van der Waals surface area contributed by atoms with Crippen molar-refractivity contribution in [2.75, 3.05) is 0 Å². The number of benzene rings is 1. The monoisotopic (exact) mass is 364 g/mol. The molecule has 0 heterocycles. The van der Waals surface area contributed by atoms with Gasteiger partial charge in [0.05, 0.1) is 9.40 Å². The lowest BCUT2D eigenvalue weighted by molar-refractivity contribution is -0.385. The quantitative estimate of drug-likeness (QED) is 0.489. The maximum absolute atomic E-state index is 13.1. The molecule has 3 N–H and O–H groups in total. The molecule has 0 aliphatic carbocycles. The van der Waals surface area contributed by atoms with Gasteiger partial charge >= 0.3 is 12.1 Å². The van der Waals surface area contributed by atoms with Crippen LogP contribution < -0.4 is 5.73 Å². The Morgan fingerprint density at radius 2 is 1.80 bits per heavy atom. The van der Waals surface area contributed by atoms with Crippen LogP contribution in [-0.2, 0) is 0 Å². The number of rotatable bonds is 3. The van der Waals surface area contributed by atoms with Crippen LogP contribution in [0.15, 0.2) is 16.6 Å². The highest BCUT2D eigenvalue weighted by molar-refractivity contribution is 9.10. The highest BCUT2D eigenvalue weighted by Crippen LogP contribution is 2.47. The van der Waals surface area contributed by atoms with E-state index in [1.807, 2.05) is 0 Å². The van der Waals surface area contributed by atoms with Crippen LogP contribution in [0, 0.1) is 10.1 Å². The summed E-state index contributed by atoms with van der Waals surface area (Å²) in [5, 5.41) is 20.0. The molecule has 11 heteroatoms. The number of halogens is 6. The Morgan fingerprint density at radius 1 is 1.30 bits per heavy atom. The van der Waals surface area contributed by atoms with Gasteiger partial charge in [-0.15, -0.1) is 0 Å². The van der Waals surface area contributed by atoms with Gasteiger partial charge in [-0.2, -0.15) is 22.0 Å². The van der Waals surface area contributed by atoms with Crippen LogP contribution >= 0.6 is 15.9 Å². The first-order valence-corrected chi connectivity index (χ1v) is 5.55. The summed E-state index contributed by atoms with van der Waals surface area (Å²) in [6.45, 7) is 0. The summed E-state index contributed by atoms with van der Waals surface area (Å²) in [7, 11) is 0. The fourth-order valence-corrected chi connectivity index (χ4v) is 1.78. The minimum atomic E-state index is -5.96. The van der Waals surface area contributed by atoms with Crippen molar-refractivity contribution in [1.29, 1.82) is 0 Å². The van der Waals surface area contributed by atoms with Gasteiger partial charge in [-0.1, -0.05) is 0 Å². The summed E-state index contributed by atoms with van der Waals surface area (Å²) < 4.78 is 62.4. The second-order valence-corrected chi connectivity index (χ2v) is 4.58. The molecule has 20 heavy (non-hydrogen) atoms. The largest absolute Gasteiger partial charge is 0.506 e. The summed E-state index contributed by atoms with van der Waals surface area (Å²) in [5.74, 6) is -6.38. The summed E-state index contributed by atoms with van der Waals surface area (Å²) >= 11 is 2.61. The molecule has 0 saturated carbocycles. The van der Waals surface area contributed by atoms with Gasteiger partial charge < -0.3 is 10.8 Å². The van der Waals surface area contributed by atoms with Crippen LogP contribution in [0.5, 0.6) is 5.75 Å². The normalized spacial score (nSPS) is 14.2. The fourth-order valence-electron chi connectivity index (χ4n) is 1.32. The van der Waals surface area contributed by atoms with Crippen molar-refractivity contribution in [3.8, 4) is 5.75 Å². The van der Waals surface area contributed by atoms with E-state index < -0.39 is 44.5 Å². The molecule has 0 radical (unpaired) electrons. The molecule has 1 rings (SSSR count). The first kappa shape index (κ1) is 16.6. The van der Waals surface area contributed by atoms with Crippen LogP contribution in [0.1, 0.15) is 11.6 Å². The van der Waals surface area contributed by atoms with Crippen molar-refractivity contribution in [3.05, 3.63) is 32.3 Å². The van der Waals surface area contributed by atoms with E-state index >= 15 is 0 Å². The first-order chi connectivity index (χ1) is 8.89. The van der Waals surface area contributed by atoms with Gasteiger partial charge in [0, 0.05) is 17.7 Å². The third-order valence-corrected chi connectivity index (χ3v) is 3.00. The van der Waals surface area contributed by atoms with Gasteiger partial charge in [0.1, 0.15) is 11.8 Å². The Kier molecular flexibility index (Phi) is 4.25. The van der Waals surface area contributed by atoms with E-state index in [0.29, 0.717) is 6.07 Å². The van der Waals surface area contributed by atoms with Crippen LogP contribution in [0.25, 0.3) is 0 Å². The zero-order valence-corrected chi connectivity index (χ0v) is 10.9. The molecular weight excluding hydrogens is 359 g/mol. The predicted molar refractivity (Wildman–Crippen MR) is 60.4 cm³/mol. The number of alkyl halides is 5. The zero-order valence-electron chi connectivity index (χ0n) is 9.29. The van der Waals surface area contributed by atoms with E-state index in [0.717, 1.165) is 6.07 Å². The van der Waals surface area contributed by atoms with Gasteiger partial charge in [-0.05, 0) is 15.9 Å². The average molecular weight is 365 g/mol. The Hall–Kier alpha value is -1.49. The number of phenols is 1. The summed E-state index contributed by atoms with van der Waals surface area (Å²) in [6, 6.07) is -1.87. The zero-order chi connectivity index (χ0) is 15.9. The number of hydrogen-bond donors (Lipinski definition) is 2. The predicted octanol–water partition coefficient (Wildman–Crippen LogP) is 3.26. The lowest BCUT2D eigenvalue weighted by atomic mass is 9.99. The maximum Gasteiger partial charge on any atom is 0.455 e. The highest BCUT2D eigenvalue weighted by Gasteiger charge is 2.62. The van der Waals surface area contributed by atoms with Gasteiger partial charge in [0.25, 0.3) is 5.69 Å². The number of nitrogens with zero attached hydrogens (tertiary/aromatic N) is 1. The Bertz CT molecular complexity index is 549. The fraction of sp³-hybridized carbons (Fsp3) is 0.333. The van der Waals surface area contributed by atoms with Crippen LogP contribution in [0.2, 0.25) is 0 Å². The topological polar surface area (TPSA) is 89.4 Å². The second kappa shape index (κ2) is 5.13. The van der Waals surface area contributed by atoms with Gasteiger partial charge in [-0.25, -0.2) is 0 Å². The van der Waals surface area contributed by atoms with Crippen LogP contribution in [-0.4, -0.2) is 22.1 Å². The highest BCUT2D eigenvalue weighted by atomic mass is 79.9. The smallest absolute Gasteiger partial charge is 0.455 e. The average Bonchev–Trinajstić information content (AvgIpc) is 2.29. The minimum Gasteiger partial charge on any atom is -0.506 e. The molecule has 0 spiro atoms. The standard InChI is InChI=1S/C9H6BrF5N2O3/c10-5-2-3(17(19)20)1-4(6(5)18)7(16)8(11,12)9(13,14)15/h1-2,7,18H,16H2/t7-/m0/s1. The summed E-state index contributed by atoms with van der Waals surface area (Å²) in [5.41, 5.74) is 2.94. The lowest BCUT2D eigenvalue weighted by Gasteiger charge is -2.26. The molecule has 112 valence electrons. The molecule has 0 aromatic heterocycles. The molecule has 0 amide bonds. The molecule has 0 saturated heterocycles. The summed E-state index contributed by atoms with van der Waals surface area (Å²) in [4.78, 5) is 9.52. The van der Waals surface area contributed by atoms with Crippen molar-refractivity contribution < 1.29 is 32.0 Å². The van der Waals surface area contributed by atoms with Gasteiger partial charge in [-0.3, -0.25) is 10.1 Å². The minimum absolute atomic E-state index is 0.365. The van der Waals surface area contributed by atoms with E-state index in [4.69, 9.17) is 5.73 Å². The molecule has 0 aliphatic heterocycles. The first-order valence-electron chi connectivity index (χ1n) is 4.76. The maximum atomic E-state index is 13.1. The molecule has 5 nitrogen and oxygen atoms in total. The molecular formula is C9H6BrF5N2O3. The molecule has 0 fully saturated rings. The van der Waals surface area contributed by atoms with E-state index in [1.54, 1.807) is 0 Å². The van der Waals surface area contributed by atoms with Gasteiger partial charge in [0.2, 0.25) is 0 Å². The van der Waals surface area contributed by atoms with Crippen molar-refractivity contribution in [3.63, 3.8) is 0 Å². The Balaban J connectivity index is 3.43. The SMILES string of the molecule is N[C@@H](c1cc([N+](=O)[O-])cc(Br)c1O)C(F)(F)C(F)(F)F. The number of hydrogen-bond acceptors (Lipinski definition) is 4. The number of aromatic hydroxyl groups is 1. The van der Waals surface area contributed by atoms with Crippen molar-refractivity contribution in [2.24, 2.45) is 5.73 Å². The molecule has 1 aromatic carbocycles. The molecule has 1 aromatic rings. The van der Waals surface area contributed by atoms with Crippen LogP contribution in [0.3, 0.4) is 0 Å². The lowest BCUT2D eigenvalue weighted by Crippen LogP contribution is -2.45.